The van der Waals surface area contributed by atoms with Gasteiger partial charge in [0.1, 0.15) is 11.6 Å². The molecule has 0 unspecified atom stereocenters. The van der Waals surface area contributed by atoms with E-state index in [4.69, 9.17) is 16.9 Å². The van der Waals surface area contributed by atoms with E-state index in [-0.39, 0.29) is 11.3 Å². The van der Waals surface area contributed by atoms with E-state index in [1.807, 2.05) is 0 Å². The molecule has 0 aliphatic carbocycles. The van der Waals surface area contributed by atoms with E-state index in [1.54, 1.807) is 36.4 Å². The number of carbonyl (C=O) groups excluding carboxylic acids is 1. The van der Waals surface area contributed by atoms with Gasteiger partial charge in [0.2, 0.25) is 0 Å². The van der Waals surface area contributed by atoms with E-state index in [1.165, 1.54) is 24.3 Å². The molecule has 2 aromatic carbocycles. The molecule has 0 atom stereocenters. The lowest BCUT2D eigenvalue weighted by Gasteiger charge is -2.04. The number of amides is 1. The molecule has 2 aromatic rings. The van der Waals surface area contributed by atoms with Crippen molar-refractivity contribution in [3.05, 3.63) is 74.8 Å². The third kappa shape index (κ3) is 4.40. The van der Waals surface area contributed by atoms with Gasteiger partial charge in [-0.3, -0.25) is 14.9 Å². The summed E-state index contributed by atoms with van der Waals surface area (Å²) in [4.78, 5) is 22.3. The van der Waals surface area contributed by atoms with Gasteiger partial charge in [0, 0.05) is 22.8 Å². The Hall–Kier alpha value is -3.17. The van der Waals surface area contributed by atoms with Gasteiger partial charge >= 0.3 is 0 Å². The van der Waals surface area contributed by atoms with Gasteiger partial charge in [0.05, 0.1) is 4.92 Å². The highest BCUT2D eigenvalue weighted by Crippen LogP contribution is 2.17. The van der Waals surface area contributed by atoms with Crippen LogP contribution in [0.15, 0.2) is 54.1 Å². The molecule has 0 aromatic heterocycles. The lowest BCUT2D eigenvalue weighted by atomic mass is 10.1. The van der Waals surface area contributed by atoms with E-state index >= 15 is 0 Å². The Labute approximate surface area is 136 Å². The lowest BCUT2D eigenvalue weighted by Crippen LogP contribution is -2.13. The zero-order chi connectivity index (χ0) is 16.8. The molecule has 0 heterocycles. The summed E-state index contributed by atoms with van der Waals surface area (Å²) in [6, 6.07) is 13.9. The van der Waals surface area contributed by atoms with Crippen molar-refractivity contribution in [2.75, 3.05) is 5.32 Å². The molecule has 6 nitrogen and oxygen atoms in total. The van der Waals surface area contributed by atoms with Gasteiger partial charge in [-0.05, 0) is 35.9 Å². The van der Waals surface area contributed by atoms with Crippen LogP contribution in [0, 0.1) is 21.4 Å². The molecule has 23 heavy (non-hydrogen) atoms. The van der Waals surface area contributed by atoms with Crippen molar-refractivity contribution in [1.82, 2.24) is 0 Å². The number of anilines is 1. The molecule has 0 spiro atoms. The quantitative estimate of drug-likeness (QED) is 0.400. The Morgan fingerprint density at radius 2 is 1.96 bits per heavy atom. The number of rotatable bonds is 4. The number of non-ortho nitro benzene ring substituents is 1. The van der Waals surface area contributed by atoms with E-state index in [0.29, 0.717) is 16.3 Å². The minimum Gasteiger partial charge on any atom is -0.321 e. The van der Waals surface area contributed by atoms with Crippen LogP contribution in [0.1, 0.15) is 5.56 Å². The smallest absolute Gasteiger partial charge is 0.270 e. The van der Waals surface area contributed by atoms with Gasteiger partial charge < -0.3 is 5.32 Å². The van der Waals surface area contributed by atoms with E-state index < -0.39 is 10.8 Å². The van der Waals surface area contributed by atoms with Crippen LogP contribution in [0.4, 0.5) is 11.4 Å². The van der Waals surface area contributed by atoms with E-state index in [9.17, 15) is 14.9 Å². The second-order valence-electron chi connectivity index (χ2n) is 4.48. The molecule has 0 aliphatic heterocycles. The van der Waals surface area contributed by atoms with Crippen LogP contribution in [-0.4, -0.2) is 10.8 Å². The maximum atomic E-state index is 12.1. The largest absolute Gasteiger partial charge is 0.321 e. The highest BCUT2D eigenvalue weighted by Gasteiger charge is 2.11. The number of hydrogen-bond acceptors (Lipinski definition) is 4. The zero-order valence-corrected chi connectivity index (χ0v) is 12.4. The average Bonchev–Trinajstić information content (AvgIpc) is 2.55. The molecule has 0 bridgehead atoms. The summed E-state index contributed by atoms with van der Waals surface area (Å²) in [5.41, 5.74) is 0.594. The molecule has 7 heteroatoms. The van der Waals surface area contributed by atoms with Gasteiger partial charge in [-0.1, -0.05) is 23.7 Å². The normalized spacial score (nSPS) is 10.7. The Bertz CT molecular complexity index is 823. The van der Waals surface area contributed by atoms with Crippen LogP contribution in [0.25, 0.3) is 6.08 Å². The summed E-state index contributed by atoms with van der Waals surface area (Å²) < 4.78 is 0. The number of halogens is 1. The predicted octanol–water partition coefficient (Wildman–Crippen LogP) is 3.79. The number of nitrogens with zero attached hydrogens (tertiary/aromatic N) is 2. The lowest BCUT2D eigenvalue weighted by molar-refractivity contribution is -0.384. The Morgan fingerprint density at radius 1 is 1.26 bits per heavy atom. The second-order valence-corrected chi connectivity index (χ2v) is 4.92. The third-order valence-electron chi connectivity index (χ3n) is 2.86. The summed E-state index contributed by atoms with van der Waals surface area (Å²) >= 11 is 5.75. The fraction of sp³-hybridized carbons (Fsp3) is 0. The Balaban J connectivity index is 2.23. The molecule has 0 saturated carbocycles. The van der Waals surface area contributed by atoms with Gasteiger partial charge in [0.25, 0.3) is 11.6 Å². The number of carbonyl (C=O) groups is 1. The summed E-state index contributed by atoms with van der Waals surface area (Å²) in [5.74, 6) is -0.610. The minimum atomic E-state index is -0.610. The second kappa shape index (κ2) is 7.20. The first-order valence-corrected chi connectivity index (χ1v) is 6.80. The third-order valence-corrected chi connectivity index (χ3v) is 3.11. The topological polar surface area (TPSA) is 96.0 Å². The first-order valence-electron chi connectivity index (χ1n) is 6.43. The van der Waals surface area contributed by atoms with Crippen molar-refractivity contribution in [2.24, 2.45) is 0 Å². The maximum absolute atomic E-state index is 12.1. The van der Waals surface area contributed by atoms with Gasteiger partial charge in [-0.2, -0.15) is 5.26 Å². The van der Waals surface area contributed by atoms with Crippen molar-refractivity contribution in [1.29, 1.82) is 5.26 Å². The monoisotopic (exact) mass is 327 g/mol. The fourth-order valence-electron chi connectivity index (χ4n) is 1.78. The van der Waals surface area contributed by atoms with Gasteiger partial charge in [0.15, 0.2) is 0 Å². The minimum absolute atomic E-state index is 0.117. The highest BCUT2D eigenvalue weighted by atomic mass is 35.5. The van der Waals surface area contributed by atoms with Crippen LogP contribution < -0.4 is 5.32 Å². The number of benzene rings is 2. The summed E-state index contributed by atoms with van der Waals surface area (Å²) in [7, 11) is 0. The zero-order valence-electron chi connectivity index (χ0n) is 11.7. The average molecular weight is 328 g/mol. The van der Waals surface area contributed by atoms with Crippen molar-refractivity contribution >= 4 is 35.0 Å². The van der Waals surface area contributed by atoms with Crippen molar-refractivity contribution in [3.8, 4) is 6.07 Å². The molecule has 0 radical (unpaired) electrons. The maximum Gasteiger partial charge on any atom is 0.270 e. The summed E-state index contributed by atoms with van der Waals surface area (Å²) in [5, 5.41) is 22.9. The molecule has 114 valence electrons. The molecular weight excluding hydrogens is 318 g/mol. The van der Waals surface area contributed by atoms with Gasteiger partial charge in [-0.25, -0.2) is 0 Å². The SMILES string of the molecule is N#C/C(=C\c1cccc([N+](=O)[O-])c1)C(=O)Nc1ccc(Cl)cc1. The van der Waals surface area contributed by atoms with Crippen LogP contribution in [-0.2, 0) is 4.79 Å². The molecule has 2 rings (SSSR count). The summed E-state index contributed by atoms with van der Waals surface area (Å²) in [6.45, 7) is 0. The first kappa shape index (κ1) is 16.2. The molecule has 0 aliphatic rings. The van der Waals surface area contributed by atoms with Crippen LogP contribution in [0.5, 0.6) is 0 Å². The molecule has 1 N–H and O–H groups in total. The molecule has 0 fully saturated rings. The number of nitro benzene ring substituents is 1. The number of nitriles is 1. The highest BCUT2D eigenvalue weighted by molar-refractivity contribution is 6.30. The molecule has 0 saturated heterocycles. The van der Waals surface area contributed by atoms with Crippen LogP contribution in [0.2, 0.25) is 5.02 Å². The fourth-order valence-corrected chi connectivity index (χ4v) is 1.90. The van der Waals surface area contributed by atoms with Crippen LogP contribution >= 0.6 is 11.6 Å². The van der Waals surface area contributed by atoms with Crippen molar-refractivity contribution in [2.45, 2.75) is 0 Å². The molecule has 1 amide bonds. The van der Waals surface area contributed by atoms with Crippen molar-refractivity contribution in [3.63, 3.8) is 0 Å². The number of hydrogen-bond donors (Lipinski definition) is 1. The van der Waals surface area contributed by atoms with E-state index in [2.05, 4.69) is 5.32 Å². The summed E-state index contributed by atoms with van der Waals surface area (Å²) in [6.07, 6.45) is 1.29. The van der Waals surface area contributed by atoms with Gasteiger partial charge in [-0.15, -0.1) is 0 Å². The molecular formula is C16H10ClN3O3. The predicted molar refractivity (Wildman–Crippen MR) is 86.8 cm³/mol. The first-order chi connectivity index (χ1) is 11.0. The number of nitro groups is 1. The Kier molecular flexibility index (Phi) is 5.07. The standard InChI is InChI=1S/C16H10ClN3O3/c17-13-4-6-14(7-5-13)19-16(21)12(10-18)8-11-2-1-3-15(9-11)20(22)23/h1-9H,(H,19,21)/b12-8+. The number of nitrogens with one attached hydrogen (secondary N) is 1. The van der Waals surface area contributed by atoms with E-state index in [0.717, 1.165) is 0 Å². The van der Waals surface area contributed by atoms with Crippen molar-refractivity contribution < 1.29 is 9.72 Å². The Morgan fingerprint density at radius 3 is 2.57 bits per heavy atom. The van der Waals surface area contributed by atoms with Crippen LogP contribution in [0.3, 0.4) is 0 Å².